The molecule has 1 saturated heterocycles. The van der Waals surface area contributed by atoms with Crippen molar-refractivity contribution in [1.82, 2.24) is 19.2 Å². The van der Waals surface area contributed by atoms with Crippen molar-refractivity contribution in [2.24, 2.45) is 7.05 Å². The molecule has 2 amide bonds. The maximum atomic E-state index is 12.7. The lowest BCUT2D eigenvalue weighted by atomic mass is 10.3. The average molecular weight is 371 g/mol. The largest absolute Gasteiger partial charge is 0.419 e. The molecule has 1 atom stereocenters. The Bertz CT molecular complexity index is 991. The Morgan fingerprint density at radius 2 is 2.30 bits per heavy atom. The van der Waals surface area contributed by atoms with Crippen LogP contribution in [0, 0.1) is 0 Å². The topological polar surface area (TPSA) is 94.5 Å². The minimum absolute atomic E-state index is 0.118. The maximum Gasteiger partial charge on any atom is 0.419 e. The van der Waals surface area contributed by atoms with Crippen molar-refractivity contribution in [1.29, 1.82) is 0 Å². The minimum atomic E-state index is -0.431. The SMILES string of the molecule is Cn1c(=O)oc2cc(NC(=O)N3CCCO[C@@H](Cn4cccn4)C3)ccc21. The summed E-state index contributed by atoms with van der Waals surface area (Å²) in [6.07, 6.45) is 4.25. The molecular formula is C18H21N5O4. The van der Waals surface area contributed by atoms with E-state index >= 15 is 0 Å². The van der Waals surface area contributed by atoms with E-state index in [4.69, 9.17) is 9.15 Å². The van der Waals surface area contributed by atoms with Crippen molar-refractivity contribution in [3.63, 3.8) is 0 Å². The van der Waals surface area contributed by atoms with Crippen molar-refractivity contribution >= 4 is 22.8 Å². The third kappa shape index (κ3) is 3.72. The van der Waals surface area contributed by atoms with Crippen LogP contribution in [0.25, 0.3) is 11.1 Å². The van der Waals surface area contributed by atoms with Crippen LogP contribution < -0.4 is 11.1 Å². The van der Waals surface area contributed by atoms with Crippen LogP contribution in [0.2, 0.25) is 0 Å². The molecule has 0 bridgehead atoms. The number of nitrogens with one attached hydrogen (secondary N) is 1. The Morgan fingerprint density at radius 3 is 3.11 bits per heavy atom. The molecule has 2 aromatic heterocycles. The second-order valence-electron chi connectivity index (χ2n) is 6.56. The summed E-state index contributed by atoms with van der Waals surface area (Å²) in [5.41, 5.74) is 1.70. The minimum Gasteiger partial charge on any atom is -0.408 e. The van der Waals surface area contributed by atoms with Crippen molar-refractivity contribution in [2.75, 3.05) is 25.0 Å². The summed E-state index contributed by atoms with van der Waals surface area (Å²) >= 11 is 0. The van der Waals surface area contributed by atoms with E-state index in [-0.39, 0.29) is 12.1 Å². The molecule has 0 radical (unpaired) electrons. The van der Waals surface area contributed by atoms with Crippen molar-refractivity contribution in [3.8, 4) is 0 Å². The van der Waals surface area contributed by atoms with E-state index < -0.39 is 5.76 Å². The number of nitrogens with zero attached hydrogens (tertiary/aromatic N) is 4. The number of amides is 2. The summed E-state index contributed by atoms with van der Waals surface area (Å²) < 4.78 is 14.2. The van der Waals surface area contributed by atoms with Gasteiger partial charge >= 0.3 is 11.8 Å². The van der Waals surface area contributed by atoms with Crippen LogP contribution in [0.15, 0.2) is 45.9 Å². The van der Waals surface area contributed by atoms with Gasteiger partial charge in [0.2, 0.25) is 0 Å². The van der Waals surface area contributed by atoms with Gasteiger partial charge < -0.3 is 19.4 Å². The van der Waals surface area contributed by atoms with E-state index in [0.29, 0.717) is 43.0 Å². The highest BCUT2D eigenvalue weighted by atomic mass is 16.5. The van der Waals surface area contributed by atoms with Gasteiger partial charge in [0.05, 0.1) is 24.7 Å². The van der Waals surface area contributed by atoms with Gasteiger partial charge in [-0.05, 0) is 24.6 Å². The number of rotatable bonds is 3. The molecule has 4 rings (SSSR count). The predicted octanol–water partition coefficient (Wildman–Crippen LogP) is 1.65. The highest BCUT2D eigenvalue weighted by molar-refractivity contribution is 5.91. The Morgan fingerprint density at radius 1 is 1.41 bits per heavy atom. The first-order valence-corrected chi connectivity index (χ1v) is 8.85. The van der Waals surface area contributed by atoms with E-state index in [2.05, 4.69) is 10.4 Å². The van der Waals surface area contributed by atoms with Crippen molar-refractivity contribution in [3.05, 3.63) is 47.2 Å². The fourth-order valence-corrected chi connectivity index (χ4v) is 3.22. The van der Waals surface area contributed by atoms with Crippen LogP contribution in [0.3, 0.4) is 0 Å². The van der Waals surface area contributed by atoms with Crippen molar-refractivity contribution in [2.45, 2.75) is 19.1 Å². The van der Waals surface area contributed by atoms with Crippen LogP contribution in [0.1, 0.15) is 6.42 Å². The summed E-state index contributed by atoms with van der Waals surface area (Å²) in [5, 5.41) is 7.07. The highest BCUT2D eigenvalue weighted by Gasteiger charge is 2.23. The number of aryl methyl sites for hydroxylation is 1. The predicted molar refractivity (Wildman–Crippen MR) is 98.6 cm³/mol. The van der Waals surface area contributed by atoms with Gasteiger partial charge in [0.25, 0.3) is 0 Å². The van der Waals surface area contributed by atoms with E-state index in [1.807, 2.05) is 12.3 Å². The first kappa shape index (κ1) is 17.3. The summed E-state index contributed by atoms with van der Waals surface area (Å²) in [6, 6.07) is 6.82. The number of urea groups is 1. The van der Waals surface area contributed by atoms with Gasteiger partial charge in [-0.1, -0.05) is 0 Å². The number of ether oxygens (including phenoxy) is 1. The molecule has 142 valence electrons. The quantitative estimate of drug-likeness (QED) is 0.755. The molecule has 0 aliphatic carbocycles. The first-order chi connectivity index (χ1) is 13.1. The summed E-state index contributed by atoms with van der Waals surface area (Å²) in [7, 11) is 1.64. The fourth-order valence-electron chi connectivity index (χ4n) is 3.22. The number of hydrogen-bond donors (Lipinski definition) is 1. The second kappa shape index (κ2) is 7.28. The van der Waals surface area contributed by atoms with E-state index in [0.717, 1.165) is 6.42 Å². The molecule has 1 aliphatic heterocycles. The molecule has 0 unspecified atom stereocenters. The molecule has 3 heterocycles. The first-order valence-electron chi connectivity index (χ1n) is 8.85. The molecule has 27 heavy (non-hydrogen) atoms. The van der Waals surface area contributed by atoms with Crippen LogP contribution in [0.4, 0.5) is 10.5 Å². The van der Waals surface area contributed by atoms with Gasteiger partial charge in [0.15, 0.2) is 5.58 Å². The average Bonchev–Trinajstić information content (AvgIpc) is 3.17. The maximum absolute atomic E-state index is 12.7. The lowest BCUT2D eigenvalue weighted by Gasteiger charge is -2.24. The van der Waals surface area contributed by atoms with Gasteiger partial charge in [-0.15, -0.1) is 0 Å². The van der Waals surface area contributed by atoms with E-state index in [1.165, 1.54) is 4.57 Å². The number of carbonyl (C=O) groups is 1. The lowest BCUT2D eigenvalue weighted by molar-refractivity contribution is 0.0442. The molecule has 1 aliphatic rings. The zero-order valence-corrected chi connectivity index (χ0v) is 15.0. The number of aromatic nitrogens is 3. The third-order valence-corrected chi connectivity index (χ3v) is 4.63. The van der Waals surface area contributed by atoms with Gasteiger partial charge in [-0.3, -0.25) is 9.25 Å². The normalized spacial score (nSPS) is 17.8. The summed E-state index contributed by atoms with van der Waals surface area (Å²) in [5.74, 6) is -0.431. The Hall–Kier alpha value is -3.07. The standard InChI is InChI=1S/C18H21N5O4/c1-21-15-5-4-13(10-16(15)27-18(21)25)20-17(24)22-7-3-9-26-14(11-22)12-23-8-2-6-19-23/h2,4-6,8,10,14H,3,7,9,11-12H2,1H3,(H,20,24)/t14-/m1/s1. The summed E-state index contributed by atoms with van der Waals surface area (Å²) in [6.45, 7) is 2.30. The Kier molecular flexibility index (Phi) is 4.68. The Balaban J connectivity index is 1.45. The van der Waals surface area contributed by atoms with Crippen molar-refractivity contribution < 1.29 is 13.9 Å². The van der Waals surface area contributed by atoms with Crippen LogP contribution in [-0.4, -0.2) is 51.1 Å². The molecule has 1 aromatic carbocycles. The van der Waals surface area contributed by atoms with E-state index in [1.54, 1.807) is 41.0 Å². The summed E-state index contributed by atoms with van der Waals surface area (Å²) in [4.78, 5) is 26.1. The number of benzene rings is 1. The van der Waals surface area contributed by atoms with Gasteiger partial charge in [0, 0.05) is 44.3 Å². The molecular weight excluding hydrogens is 350 g/mol. The molecule has 9 heteroatoms. The molecule has 3 aromatic rings. The van der Waals surface area contributed by atoms with Crippen LogP contribution in [-0.2, 0) is 18.3 Å². The smallest absolute Gasteiger partial charge is 0.408 e. The molecule has 9 nitrogen and oxygen atoms in total. The second-order valence-corrected chi connectivity index (χ2v) is 6.56. The van der Waals surface area contributed by atoms with Crippen LogP contribution in [0.5, 0.6) is 0 Å². The zero-order valence-electron chi connectivity index (χ0n) is 15.0. The molecule has 1 N–H and O–H groups in total. The molecule has 1 fully saturated rings. The number of carbonyl (C=O) groups excluding carboxylic acids is 1. The fraction of sp³-hybridized carbons (Fsp3) is 0.389. The Labute approximate surface area is 155 Å². The number of fused-ring (bicyclic) bond motifs is 1. The van der Waals surface area contributed by atoms with E-state index in [9.17, 15) is 9.59 Å². The number of oxazole rings is 1. The van der Waals surface area contributed by atoms with Gasteiger partial charge in [-0.25, -0.2) is 9.59 Å². The number of anilines is 1. The third-order valence-electron chi connectivity index (χ3n) is 4.63. The van der Waals surface area contributed by atoms with Gasteiger partial charge in [0.1, 0.15) is 0 Å². The lowest BCUT2D eigenvalue weighted by Crippen LogP contribution is -2.41. The zero-order chi connectivity index (χ0) is 18.8. The monoisotopic (exact) mass is 371 g/mol. The number of hydrogen-bond acceptors (Lipinski definition) is 5. The highest BCUT2D eigenvalue weighted by Crippen LogP contribution is 2.19. The molecule has 0 saturated carbocycles. The van der Waals surface area contributed by atoms with Crippen LogP contribution >= 0.6 is 0 Å². The molecule has 0 spiro atoms. The van der Waals surface area contributed by atoms with Gasteiger partial charge in [-0.2, -0.15) is 5.10 Å².